The zero-order valence-electron chi connectivity index (χ0n) is 17.7. The average molecular weight is 392 g/mol. The molecule has 5 nitrogen and oxygen atoms in total. The van der Waals surface area contributed by atoms with Crippen molar-refractivity contribution >= 4 is 5.71 Å². The molecule has 0 aliphatic carbocycles. The van der Waals surface area contributed by atoms with Gasteiger partial charge in [0, 0.05) is 43.5 Å². The van der Waals surface area contributed by atoms with Crippen LogP contribution in [-0.2, 0) is 0 Å². The minimum atomic E-state index is -0.404. The van der Waals surface area contributed by atoms with Crippen molar-refractivity contribution in [3.63, 3.8) is 0 Å². The zero-order chi connectivity index (χ0) is 20.2. The van der Waals surface area contributed by atoms with Gasteiger partial charge in [0.1, 0.15) is 0 Å². The molecule has 1 spiro atoms. The molecule has 3 heterocycles. The molecule has 0 radical (unpaired) electrons. The van der Waals surface area contributed by atoms with Crippen LogP contribution in [0.5, 0.6) is 11.5 Å². The molecule has 1 fully saturated rings. The van der Waals surface area contributed by atoms with Gasteiger partial charge in [-0.05, 0) is 38.6 Å². The molecule has 0 N–H and O–H groups in total. The van der Waals surface area contributed by atoms with Crippen LogP contribution in [-0.4, -0.2) is 48.6 Å². The van der Waals surface area contributed by atoms with E-state index < -0.39 is 5.72 Å². The van der Waals surface area contributed by atoms with Gasteiger partial charge in [-0.3, -0.25) is 0 Å². The predicted octanol–water partition coefficient (Wildman–Crippen LogP) is 4.28. The van der Waals surface area contributed by atoms with Crippen molar-refractivity contribution in [2.24, 2.45) is 5.10 Å². The van der Waals surface area contributed by atoms with Crippen molar-refractivity contribution in [2.75, 3.05) is 27.2 Å². The first-order valence-electron chi connectivity index (χ1n) is 10.5. The third-order valence-electron chi connectivity index (χ3n) is 6.68. The van der Waals surface area contributed by atoms with Gasteiger partial charge in [-0.15, -0.1) is 0 Å². The number of methoxy groups -OCH3 is 1. The van der Waals surface area contributed by atoms with Crippen molar-refractivity contribution in [1.82, 2.24) is 9.91 Å². The van der Waals surface area contributed by atoms with Crippen molar-refractivity contribution in [3.8, 4) is 11.5 Å². The number of ether oxygens (including phenoxy) is 2. The van der Waals surface area contributed by atoms with Crippen LogP contribution in [0.2, 0.25) is 0 Å². The lowest BCUT2D eigenvalue weighted by Gasteiger charge is -2.50. The lowest BCUT2D eigenvalue weighted by molar-refractivity contribution is -0.148. The van der Waals surface area contributed by atoms with Gasteiger partial charge in [-0.25, -0.2) is 5.01 Å². The lowest BCUT2D eigenvalue weighted by atomic mass is 9.90. The molecule has 2 aromatic carbocycles. The number of aryl methyl sites for hydroxylation is 2. The minimum absolute atomic E-state index is 0.187. The fourth-order valence-electron chi connectivity index (χ4n) is 4.94. The molecule has 2 aromatic rings. The second kappa shape index (κ2) is 6.77. The SMILES string of the molecule is COc1cccc2c1OC1(CCN(C)CC1)N1N=C(c3cc(C)ccc3C)CC21. The number of nitrogens with zero attached hydrogens (tertiary/aromatic N) is 3. The fraction of sp³-hybridized carbons (Fsp3) is 0.458. The van der Waals surface area contributed by atoms with Gasteiger partial charge < -0.3 is 14.4 Å². The lowest BCUT2D eigenvalue weighted by Crippen LogP contribution is -2.58. The normalized spacial score (nSPS) is 22.7. The Balaban J connectivity index is 1.63. The molecule has 3 aliphatic rings. The quantitative estimate of drug-likeness (QED) is 0.766. The summed E-state index contributed by atoms with van der Waals surface area (Å²) >= 11 is 0. The number of para-hydroxylation sites is 1. The second-order valence-corrected chi connectivity index (χ2v) is 8.66. The maximum Gasteiger partial charge on any atom is 0.200 e. The Kier molecular flexibility index (Phi) is 4.32. The van der Waals surface area contributed by atoms with Crippen LogP contribution in [0.4, 0.5) is 0 Å². The smallest absolute Gasteiger partial charge is 0.200 e. The van der Waals surface area contributed by atoms with Gasteiger partial charge in [0.2, 0.25) is 5.72 Å². The summed E-state index contributed by atoms with van der Waals surface area (Å²) in [5.41, 5.74) is 5.74. The average Bonchev–Trinajstić information content (AvgIpc) is 3.18. The monoisotopic (exact) mass is 391 g/mol. The Morgan fingerprint density at radius 1 is 1.14 bits per heavy atom. The van der Waals surface area contributed by atoms with E-state index in [1.165, 1.54) is 22.3 Å². The van der Waals surface area contributed by atoms with E-state index in [-0.39, 0.29) is 6.04 Å². The summed E-state index contributed by atoms with van der Waals surface area (Å²) in [6, 6.07) is 13.0. The molecule has 3 aliphatic heterocycles. The summed E-state index contributed by atoms with van der Waals surface area (Å²) in [6.45, 7) is 6.32. The molecule has 0 bridgehead atoms. The van der Waals surface area contributed by atoms with Crippen LogP contribution in [0.25, 0.3) is 0 Å². The van der Waals surface area contributed by atoms with Crippen LogP contribution < -0.4 is 9.47 Å². The first-order valence-corrected chi connectivity index (χ1v) is 10.5. The van der Waals surface area contributed by atoms with Crippen LogP contribution in [0.3, 0.4) is 0 Å². The third-order valence-corrected chi connectivity index (χ3v) is 6.68. The minimum Gasteiger partial charge on any atom is -0.493 e. The standard InChI is InChI=1S/C24H29N3O2/c1-16-8-9-17(2)19(14-16)20-15-21-18-6-5-7-22(28-4)23(18)29-24(27(21)25-20)10-12-26(3)13-11-24/h5-9,14,21H,10-13,15H2,1-4H3. The maximum absolute atomic E-state index is 6.75. The summed E-state index contributed by atoms with van der Waals surface area (Å²) in [7, 11) is 3.90. The molecule has 1 saturated heterocycles. The van der Waals surface area contributed by atoms with Gasteiger partial charge in [0.15, 0.2) is 11.5 Å². The first kappa shape index (κ1) is 18.5. The van der Waals surface area contributed by atoms with Gasteiger partial charge in [-0.2, -0.15) is 5.10 Å². The summed E-state index contributed by atoms with van der Waals surface area (Å²) in [5, 5.41) is 7.48. The van der Waals surface area contributed by atoms with Gasteiger partial charge in [-0.1, -0.05) is 29.8 Å². The number of hydrazone groups is 1. The summed E-state index contributed by atoms with van der Waals surface area (Å²) in [6.07, 6.45) is 2.76. The fourth-order valence-corrected chi connectivity index (χ4v) is 4.94. The highest BCUT2D eigenvalue weighted by atomic mass is 16.5. The third kappa shape index (κ3) is 2.91. The number of hydrogen-bond donors (Lipinski definition) is 0. The number of rotatable bonds is 2. The maximum atomic E-state index is 6.75. The van der Waals surface area contributed by atoms with Gasteiger partial charge >= 0.3 is 0 Å². The number of benzene rings is 2. The van der Waals surface area contributed by atoms with Crippen LogP contribution in [0, 0.1) is 13.8 Å². The highest BCUT2D eigenvalue weighted by Crippen LogP contribution is 2.52. The van der Waals surface area contributed by atoms with Crippen molar-refractivity contribution in [2.45, 2.75) is 44.9 Å². The first-order chi connectivity index (χ1) is 14.0. The molecule has 1 unspecified atom stereocenters. The molecule has 0 amide bonds. The topological polar surface area (TPSA) is 37.3 Å². The molecule has 152 valence electrons. The number of likely N-dealkylation sites (tertiary alicyclic amines) is 1. The largest absolute Gasteiger partial charge is 0.493 e. The van der Waals surface area contributed by atoms with E-state index in [1.807, 2.05) is 6.07 Å². The van der Waals surface area contributed by atoms with E-state index in [0.717, 1.165) is 49.6 Å². The van der Waals surface area contributed by atoms with Crippen molar-refractivity contribution < 1.29 is 9.47 Å². The van der Waals surface area contributed by atoms with E-state index in [1.54, 1.807) is 7.11 Å². The Labute approximate surface area is 172 Å². The van der Waals surface area contributed by atoms with E-state index >= 15 is 0 Å². The van der Waals surface area contributed by atoms with Crippen LogP contribution >= 0.6 is 0 Å². The molecule has 29 heavy (non-hydrogen) atoms. The van der Waals surface area contributed by atoms with Crippen molar-refractivity contribution in [1.29, 1.82) is 0 Å². The Hall–Kier alpha value is -2.53. The highest BCUT2D eigenvalue weighted by Gasteiger charge is 2.52. The highest BCUT2D eigenvalue weighted by molar-refractivity contribution is 6.03. The summed E-state index contributed by atoms with van der Waals surface area (Å²) in [5.74, 6) is 1.72. The van der Waals surface area contributed by atoms with Crippen LogP contribution in [0.1, 0.15) is 47.6 Å². The molecule has 0 aromatic heterocycles. The molecule has 1 atom stereocenters. The number of hydrogen-bond acceptors (Lipinski definition) is 5. The summed E-state index contributed by atoms with van der Waals surface area (Å²) < 4.78 is 12.4. The van der Waals surface area contributed by atoms with E-state index in [4.69, 9.17) is 14.6 Å². The molecular weight excluding hydrogens is 362 g/mol. The molecular formula is C24H29N3O2. The molecule has 5 heteroatoms. The number of piperidine rings is 1. The Bertz CT molecular complexity index is 976. The Morgan fingerprint density at radius 2 is 1.93 bits per heavy atom. The Morgan fingerprint density at radius 3 is 2.69 bits per heavy atom. The van der Waals surface area contributed by atoms with Crippen molar-refractivity contribution in [3.05, 3.63) is 58.7 Å². The predicted molar refractivity (Wildman–Crippen MR) is 115 cm³/mol. The van der Waals surface area contributed by atoms with E-state index in [0.29, 0.717) is 0 Å². The second-order valence-electron chi connectivity index (χ2n) is 8.66. The van der Waals surface area contributed by atoms with Gasteiger partial charge in [0.25, 0.3) is 0 Å². The number of fused-ring (bicyclic) bond motifs is 4. The molecule has 0 saturated carbocycles. The van der Waals surface area contributed by atoms with E-state index in [9.17, 15) is 0 Å². The van der Waals surface area contributed by atoms with Crippen LogP contribution in [0.15, 0.2) is 41.5 Å². The van der Waals surface area contributed by atoms with E-state index in [2.05, 4.69) is 61.1 Å². The molecule has 5 rings (SSSR count). The zero-order valence-corrected chi connectivity index (χ0v) is 17.7. The summed E-state index contributed by atoms with van der Waals surface area (Å²) in [4.78, 5) is 2.37. The van der Waals surface area contributed by atoms with Gasteiger partial charge in [0.05, 0.1) is 18.9 Å².